The molecule has 0 heterocycles. The van der Waals surface area contributed by atoms with Crippen LogP contribution in [-0.2, 0) is 0 Å². The van der Waals surface area contributed by atoms with Gasteiger partial charge >= 0.3 is 80.9 Å². The maximum Gasteiger partial charge on any atom is 1.00 e. The van der Waals surface area contributed by atoms with Crippen LogP contribution in [0.25, 0.3) is 0 Å². The monoisotopic (exact) mass is 252 g/mol. The van der Waals surface area contributed by atoms with Crippen molar-refractivity contribution in [3.63, 3.8) is 0 Å². The van der Waals surface area contributed by atoms with Crippen molar-refractivity contribution in [2.75, 3.05) is 0 Å². The topological polar surface area (TPSA) is 46.1 Å². The second-order valence-corrected chi connectivity index (χ2v) is 0. The zero-order valence-electron chi connectivity index (χ0n) is 3.57. The van der Waals surface area contributed by atoms with Gasteiger partial charge in [0.15, 0.2) is 0 Å². The van der Waals surface area contributed by atoms with Gasteiger partial charge in [0.25, 0.3) is 0 Å². The van der Waals surface area contributed by atoms with E-state index < -0.39 is 0 Å². The van der Waals surface area contributed by atoms with Crippen molar-refractivity contribution in [2.45, 2.75) is 0 Å². The fourth-order valence-corrected chi connectivity index (χ4v) is 0. The summed E-state index contributed by atoms with van der Waals surface area (Å²) >= 11 is 3.38. The normalized spacial score (nSPS) is 2.00. The van der Waals surface area contributed by atoms with Gasteiger partial charge in [0, 0.05) is 0 Å². The second kappa shape index (κ2) is 38.9. The van der Waals surface area contributed by atoms with E-state index in [-0.39, 0.29) is 80.9 Å². The molecule has 0 aliphatic rings. The molecular formula is Br2KNaO2. The van der Waals surface area contributed by atoms with Crippen molar-refractivity contribution in [3.05, 3.63) is 0 Å². The fourth-order valence-electron chi connectivity index (χ4n) is 0. The average Bonchev–Trinajstić information content (AvgIpc) is 1.50. The molecule has 0 atom stereocenters. The average molecular weight is 254 g/mol. The number of rotatable bonds is 0. The van der Waals surface area contributed by atoms with E-state index in [1.54, 1.807) is 32.5 Å². The first-order valence-corrected chi connectivity index (χ1v) is 1.60. The molecule has 0 aromatic rings. The molecule has 0 radical (unpaired) electrons. The van der Waals surface area contributed by atoms with E-state index in [2.05, 4.69) is 0 Å². The van der Waals surface area contributed by atoms with E-state index in [4.69, 9.17) is 8.40 Å². The molecule has 28 valence electrons. The summed E-state index contributed by atoms with van der Waals surface area (Å²) in [6.07, 6.45) is 0. The summed E-state index contributed by atoms with van der Waals surface area (Å²) in [7, 11) is 0. The van der Waals surface area contributed by atoms with Gasteiger partial charge in [-0.3, -0.25) is 0 Å². The van der Waals surface area contributed by atoms with E-state index in [0.717, 1.165) is 0 Å². The van der Waals surface area contributed by atoms with Crippen LogP contribution in [0.15, 0.2) is 0 Å². The third-order valence-electron chi connectivity index (χ3n) is 0. The van der Waals surface area contributed by atoms with Gasteiger partial charge in [-0.25, -0.2) is 32.5 Å². The van der Waals surface area contributed by atoms with Crippen LogP contribution in [0.1, 0.15) is 0 Å². The van der Waals surface area contributed by atoms with Gasteiger partial charge in [0.2, 0.25) is 0 Å². The van der Waals surface area contributed by atoms with Gasteiger partial charge < -0.3 is 8.40 Å². The van der Waals surface area contributed by atoms with E-state index in [1.807, 2.05) is 0 Å². The summed E-state index contributed by atoms with van der Waals surface area (Å²) in [5, 5.41) is 0. The molecule has 0 rings (SSSR count). The van der Waals surface area contributed by atoms with Crippen LogP contribution in [0, 0.1) is 0 Å². The Morgan fingerprint density at radius 3 is 0.833 bits per heavy atom. The van der Waals surface area contributed by atoms with E-state index >= 15 is 0 Å². The van der Waals surface area contributed by atoms with Gasteiger partial charge in [0.05, 0.1) is 0 Å². The predicted octanol–water partition coefficient (Wildman–Crippen LogP) is -6.68. The Bertz CT molecular complexity index is 11.5. The third kappa shape index (κ3) is 25.8. The molecule has 0 amide bonds. The van der Waals surface area contributed by atoms with Crippen molar-refractivity contribution in [1.82, 2.24) is 0 Å². The summed E-state index contributed by atoms with van der Waals surface area (Å²) < 4.78 is 16.1. The summed E-state index contributed by atoms with van der Waals surface area (Å²) in [5.74, 6) is 0. The van der Waals surface area contributed by atoms with Gasteiger partial charge in [-0.15, -0.1) is 0 Å². The summed E-state index contributed by atoms with van der Waals surface area (Å²) in [5.41, 5.74) is 0. The first-order chi connectivity index (χ1) is 2.00. The Kier molecular flexibility index (Phi) is 147. The van der Waals surface area contributed by atoms with Crippen LogP contribution < -0.4 is 89.3 Å². The predicted molar refractivity (Wildman–Crippen MR) is 17.9 cm³/mol. The molecule has 0 spiro atoms. The molecule has 0 fully saturated rings. The zero-order valence-corrected chi connectivity index (χ0v) is 11.9. The van der Waals surface area contributed by atoms with Crippen molar-refractivity contribution < 1.29 is 89.3 Å². The molecule has 0 bridgehead atoms. The Morgan fingerprint density at radius 2 is 0.833 bits per heavy atom. The molecule has 2 nitrogen and oxygen atoms in total. The quantitative estimate of drug-likeness (QED) is 0.403. The van der Waals surface area contributed by atoms with Crippen LogP contribution in [0.5, 0.6) is 0 Å². The minimum atomic E-state index is 0. The molecule has 0 aromatic carbocycles. The van der Waals surface area contributed by atoms with Crippen LogP contribution in [0.3, 0.4) is 0 Å². The Balaban J connectivity index is -0.00000000500. The van der Waals surface area contributed by atoms with Crippen molar-refractivity contribution in [3.8, 4) is 0 Å². The maximum atomic E-state index is 8.06. The Labute approximate surface area is 119 Å². The van der Waals surface area contributed by atoms with Crippen molar-refractivity contribution >= 4 is 32.5 Å². The number of hydrogen-bond donors (Lipinski definition) is 0. The van der Waals surface area contributed by atoms with Crippen molar-refractivity contribution in [2.24, 2.45) is 0 Å². The first kappa shape index (κ1) is 22.7. The minimum absolute atomic E-state index is 0. The van der Waals surface area contributed by atoms with Crippen LogP contribution in [-0.4, -0.2) is 0 Å². The van der Waals surface area contributed by atoms with Crippen LogP contribution >= 0.6 is 32.5 Å². The number of hydrogen-bond acceptors (Lipinski definition) is 2. The number of halogens is 2. The summed E-state index contributed by atoms with van der Waals surface area (Å²) in [6, 6.07) is 0. The van der Waals surface area contributed by atoms with E-state index in [9.17, 15) is 0 Å². The second-order valence-electron chi connectivity index (χ2n) is 0. The Hall–Kier alpha value is 3.52. The largest absolute Gasteiger partial charge is 1.00 e. The summed E-state index contributed by atoms with van der Waals surface area (Å²) in [6.45, 7) is 0. The first-order valence-electron chi connectivity index (χ1n) is 0.309. The molecule has 0 aliphatic heterocycles. The van der Waals surface area contributed by atoms with Crippen molar-refractivity contribution in [1.29, 1.82) is 0 Å². The van der Waals surface area contributed by atoms with E-state index in [0.29, 0.717) is 0 Å². The third-order valence-corrected chi connectivity index (χ3v) is 0. The molecule has 0 unspecified atom stereocenters. The fraction of sp³-hybridized carbons (Fsp3) is 0. The molecule has 6 heavy (non-hydrogen) atoms. The molecule has 0 N–H and O–H groups in total. The van der Waals surface area contributed by atoms with E-state index in [1.165, 1.54) is 0 Å². The molecule has 6 heteroatoms. The zero-order chi connectivity index (χ0) is 4.00. The van der Waals surface area contributed by atoms with Gasteiger partial charge in [-0.05, 0) is 0 Å². The molecule has 0 saturated heterocycles. The maximum absolute atomic E-state index is 8.06. The summed E-state index contributed by atoms with van der Waals surface area (Å²) in [4.78, 5) is 0. The SMILES string of the molecule is [K+].[Na+].[O-]Br.[O-]Br. The van der Waals surface area contributed by atoms with Gasteiger partial charge in [0.1, 0.15) is 0 Å². The molecule has 0 saturated carbocycles. The molecule has 0 aliphatic carbocycles. The standard InChI is InChI=1S/2BrO.K.Na/c2*1-2;;/q2*-1;2*+1. The van der Waals surface area contributed by atoms with Gasteiger partial charge in [-0.2, -0.15) is 0 Å². The Morgan fingerprint density at radius 1 is 0.833 bits per heavy atom. The minimum Gasteiger partial charge on any atom is -0.791 e. The van der Waals surface area contributed by atoms with Crippen LogP contribution in [0.2, 0.25) is 0 Å². The molecular weight excluding hydrogens is 254 g/mol. The smallest absolute Gasteiger partial charge is 0.791 e. The van der Waals surface area contributed by atoms with Gasteiger partial charge in [-0.1, -0.05) is 0 Å². The van der Waals surface area contributed by atoms with Crippen LogP contribution in [0.4, 0.5) is 0 Å². The molecule has 0 aromatic heterocycles.